The Hall–Kier alpha value is -1.71. The maximum atomic E-state index is 14.5. The van der Waals surface area contributed by atoms with Gasteiger partial charge in [-0.25, -0.2) is 4.39 Å². The van der Waals surface area contributed by atoms with Crippen LogP contribution in [0, 0.1) is 5.82 Å². The van der Waals surface area contributed by atoms with Crippen molar-refractivity contribution in [2.75, 3.05) is 0 Å². The van der Waals surface area contributed by atoms with E-state index in [1.54, 1.807) is 30.3 Å². The van der Waals surface area contributed by atoms with Crippen molar-refractivity contribution in [3.05, 3.63) is 70.0 Å². The average molecular weight is 292 g/mol. The second-order valence-corrected chi connectivity index (χ2v) is 4.94. The van der Waals surface area contributed by atoms with Gasteiger partial charge >= 0.3 is 0 Å². The van der Waals surface area contributed by atoms with Gasteiger partial charge in [0.1, 0.15) is 5.82 Å². The normalized spacial score (nSPS) is 12.2. The van der Waals surface area contributed by atoms with Crippen molar-refractivity contribution >= 4 is 17.4 Å². The molecule has 0 spiro atoms. The standard InChI is InChI=1S/C16H15ClFNO/c1-2-13(19)11-8-9-12(17)14(15(11)18)16(20)10-6-4-3-5-7-10/h3-9,13H,2,19H2,1H3. The molecule has 0 heterocycles. The van der Waals surface area contributed by atoms with Crippen molar-refractivity contribution < 1.29 is 9.18 Å². The lowest BCUT2D eigenvalue weighted by molar-refractivity contribution is 0.103. The minimum Gasteiger partial charge on any atom is -0.324 e. The molecule has 0 aromatic heterocycles. The number of halogens is 2. The predicted octanol–water partition coefficient (Wildman–Crippen LogP) is 4.12. The van der Waals surface area contributed by atoms with Gasteiger partial charge in [0, 0.05) is 17.2 Å². The first-order valence-corrected chi connectivity index (χ1v) is 6.77. The van der Waals surface area contributed by atoms with Crippen LogP contribution in [0.3, 0.4) is 0 Å². The Labute approximate surface area is 122 Å². The highest BCUT2D eigenvalue weighted by molar-refractivity contribution is 6.35. The number of carbonyl (C=O) groups is 1. The molecule has 1 atom stereocenters. The van der Waals surface area contributed by atoms with Crippen LogP contribution in [0.4, 0.5) is 4.39 Å². The number of ketones is 1. The highest BCUT2D eigenvalue weighted by Crippen LogP contribution is 2.28. The summed E-state index contributed by atoms with van der Waals surface area (Å²) in [6.45, 7) is 1.86. The first-order valence-electron chi connectivity index (χ1n) is 6.39. The van der Waals surface area contributed by atoms with E-state index in [0.29, 0.717) is 17.5 Å². The van der Waals surface area contributed by atoms with Crippen LogP contribution in [-0.4, -0.2) is 5.78 Å². The Morgan fingerprint density at radius 2 is 1.90 bits per heavy atom. The molecule has 0 bridgehead atoms. The van der Waals surface area contributed by atoms with Gasteiger partial charge < -0.3 is 5.73 Å². The van der Waals surface area contributed by atoms with Crippen LogP contribution in [0.15, 0.2) is 42.5 Å². The van der Waals surface area contributed by atoms with Crippen molar-refractivity contribution in [2.24, 2.45) is 5.73 Å². The van der Waals surface area contributed by atoms with Gasteiger partial charge in [-0.05, 0) is 12.5 Å². The van der Waals surface area contributed by atoms with Crippen LogP contribution in [0.5, 0.6) is 0 Å². The monoisotopic (exact) mass is 291 g/mol. The second kappa shape index (κ2) is 6.16. The summed E-state index contributed by atoms with van der Waals surface area (Å²) in [7, 11) is 0. The molecule has 0 aliphatic rings. The fourth-order valence-electron chi connectivity index (χ4n) is 2.02. The van der Waals surface area contributed by atoms with E-state index in [2.05, 4.69) is 0 Å². The van der Waals surface area contributed by atoms with Gasteiger partial charge in [-0.1, -0.05) is 54.9 Å². The van der Waals surface area contributed by atoms with E-state index in [1.165, 1.54) is 12.1 Å². The van der Waals surface area contributed by atoms with E-state index in [-0.39, 0.29) is 10.6 Å². The van der Waals surface area contributed by atoms with Crippen LogP contribution in [0.25, 0.3) is 0 Å². The lowest BCUT2D eigenvalue weighted by Crippen LogP contribution is -2.14. The number of hydrogen-bond acceptors (Lipinski definition) is 2. The van der Waals surface area contributed by atoms with E-state index in [9.17, 15) is 9.18 Å². The number of benzene rings is 2. The Bertz CT molecular complexity index is 628. The molecule has 1 unspecified atom stereocenters. The molecule has 0 amide bonds. The maximum Gasteiger partial charge on any atom is 0.197 e. The summed E-state index contributed by atoms with van der Waals surface area (Å²) in [5, 5.41) is 0.100. The van der Waals surface area contributed by atoms with Gasteiger partial charge in [-0.15, -0.1) is 0 Å². The molecule has 2 nitrogen and oxygen atoms in total. The summed E-state index contributed by atoms with van der Waals surface area (Å²) in [6, 6.07) is 11.1. The van der Waals surface area contributed by atoms with Crippen LogP contribution >= 0.6 is 11.6 Å². The van der Waals surface area contributed by atoms with Crippen LogP contribution < -0.4 is 5.73 Å². The van der Waals surface area contributed by atoms with Gasteiger partial charge in [-0.2, -0.15) is 0 Å². The summed E-state index contributed by atoms with van der Waals surface area (Å²) >= 11 is 5.99. The summed E-state index contributed by atoms with van der Waals surface area (Å²) in [5.74, 6) is -1.06. The summed E-state index contributed by atoms with van der Waals surface area (Å²) in [5.41, 5.74) is 6.46. The summed E-state index contributed by atoms with van der Waals surface area (Å²) in [4.78, 5) is 12.4. The van der Waals surface area contributed by atoms with Gasteiger partial charge in [0.25, 0.3) is 0 Å². The largest absolute Gasteiger partial charge is 0.324 e. The van der Waals surface area contributed by atoms with Gasteiger partial charge in [0.15, 0.2) is 5.78 Å². The lowest BCUT2D eigenvalue weighted by atomic mass is 9.97. The average Bonchev–Trinajstić information content (AvgIpc) is 2.47. The van der Waals surface area contributed by atoms with E-state index in [4.69, 9.17) is 17.3 Å². The third-order valence-electron chi connectivity index (χ3n) is 3.22. The highest BCUT2D eigenvalue weighted by Gasteiger charge is 2.22. The molecule has 0 saturated carbocycles. The van der Waals surface area contributed by atoms with Crippen molar-refractivity contribution in [1.82, 2.24) is 0 Å². The molecule has 2 aromatic rings. The number of hydrogen-bond donors (Lipinski definition) is 1. The van der Waals surface area contributed by atoms with Crippen LogP contribution in [0.1, 0.15) is 40.9 Å². The first kappa shape index (κ1) is 14.7. The number of rotatable bonds is 4. The SMILES string of the molecule is CCC(N)c1ccc(Cl)c(C(=O)c2ccccc2)c1F. The zero-order valence-corrected chi connectivity index (χ0v) is 11.8. The van der Waals surface area contributed by atoms with Crippen LogP contribution in [-0.2, 0) is 0 Å². The van der Waals surface area contributed by atoms with E-state index in [1.807, 2.05) is 6.92 Å². The Balaban J connectivity index is 2.54. The fourth-order valence-corrected chi connectivity index (χ4v) is 2.25. The van der Waals surface area contributed by atoms with Crippen molar-refractivity contribution in [1.29, 1.82) is 0 Å². The number of nitrogens with two attached hydrogens (primary N) is 1. The number of carbonyl (C=O) groups excluding carboxylic acids is 1. The van der Waals surface area contributed by atoms with E-state index >= 15 is 0 Å². The first-order chi connectivity index (χ1) is 9.56. The molecule has 0 aliphatic carbocycles. The van der Waals surface area contributed by atoms with E-state index in [0.717, 1.165) is 0 Å². The fraction of sp³-hybridized carbons (Fsp3) is 0.188. The Morgan fingerprint density at radius 3 is 2.50 bits per heavy atom. The zero-order chi connectivity index (χ0) is 14.7. The molecule has 2 N–H and O–H groups in total. The summed E-state index contributed by atoms with van der Waals surface area (Å²) < 4.78 is 14.5. The Morgan fingerprint density at radius 1 is 1.25 bits per heavy atom. The van der Waals surface area contributed by atoms with Gasteiger partial charge in [-0.3, -0.25) is 4.79 Å². The molecule has 2 aromatic carbocycles. The minimum absolute atomic E-state index is 0.100. The molecule has 0 saturated heterocycles. The molecular weight excluding hydrogens is 277 g/mol. The molecular formula is C16H15ClFNO. The maximum absolute atomic E-state index is 14.5. The topological polar surface area (TPSA) is 43.1 Å². The molecule has 4 heteroatoms. The zero-order valence-electron chi connectivity index (χ0n) is 11.1. The third-order valence-corrected chi connectivity index (χ3v) is 3.54. The smallest absolute Gasteiger partial charge is 0.197 e. The molecule has 0 aliphatic heterocycles. The summed E-state index contributed by atoms with van der Waals surface area (Å²) in [6.07, 6.45) is 0.581. The highest BCUT2D eigenvalue weighted by atomic mass is 35.5. The molecule has 2 rings (SSSR count). The third kappa shape index (κ3) is 2.74. The van der Waals surface area contributed by atoms with Crippen molar-refractivity contribution in [2.45, 2.75) is 19.4 Å². The van der Waals surface area contributed by atoms with E-state index < -0.39 is 17.6 Å². The van der Waals surface area contributed by atoms with Crippen LogP contribution in [0.2, 0.25) is 5.02 Å². The molecule has 0 radical (unpaired) electrons. The molecule has 0 fully saturated rings. The van der Waals surface area contributed by atoms with Gasteiger partial charge in [0.2, 0.25) is 0 Å². The van der Waals surface area contributed by atoms with Gasteiger partial charge in [0.05, 0.1) is 10.6 Å². The van der Waals surface area contributed by atoms with Crippen molar-refractivity contribution in [3.8, 4) is 0 Å². The lowest BCUT2D eigenvalue weighted by Gasteiger charge is -2.14. The minimum atomic E-state index is -0.624. The molecule has 104 valence electrons. The second-order valence-electron chi connectivity index (χ2n) is 4.54. The Kier molecular flexibility index (Phi) is 4.53. The van der Waals surface area contributed by atoms with Crippen molar-refractivity contribution in [3.63, 3.8) is 0 Å². The quantitative estimate of drug-likeness (QED) is 0.861. The predicted molar refractivity (Wildman–Crippen MR) is 78.5 cm³/mol. The molecule has 20 heavy (non-hydrogen) atoms.